The van der Waals surface area contributed by atoms with Gasteiger partial charge in [-0.15, -0.1) is 0 Å². The highest BCUT2D eigenvalue weighted by molar-refractivity contribution is 7.99. The van der Waals surface area contributed by atoms with Crippen LogP contribution in [0.1, 0.15) is 12.6 Å². The maximum atomic E-state index is 10.7. The third-order valence-electron chi connectivity index (χ3n) is 2.21. The molecule has 0 atom stereocenters. The molecule has 0 amide bonds. The van der Waals surface area contributed by atoms with Gasteiger partial charge in [-0.3, -0.25) is 0 Å². The van der Waals surface area contributed by atoms with Crippen LogP contribution in [0.5, 0.6) is 0 Å². The lowest BCUT2D eigenvalue weighted by Gasteiger charge is -2.06. The van der Waals surface area contributed by atoms with Gasteiger partial charge in [-0.2, -0.15) is 0 Å². The third-order valence-corrected chi connectivity index (χ3v) is 3.46. The molecule has 0 aliphatic carbocycles. The van der Waals surface area contributed by atoms with Crippen LogP contribution in [0, 0.1) is 0 Å². The SMILES string of the molecule is CC(=O)O/N=C(/N)c1nccnc1Sc1ccc(Cl)cc1. The minimum absolute atomic E-state index is 0.0187. The summed E-state index contributed by atoms with van der Waals surface area (Å²) in [5, 5.41) is 4.72. The van der Waals surface area contributed by atoms with E-state index in [1.165, 1.54) is 24.9 Å². The van der Waals surface area contributed by atoms with Gasteiger partial charge in [0.1, 0.15) is 10.7 Å². The Labute approximate surface area is 130 Å². The van der Waals surface area contributed by atoms with Crippen molar-refractivity contribution in [2.75, 3.05) is 0 Å². The van der Waals surface area contributed by atoms with Crippen molar-refractivity contribution in [2.45, 2.75) is 16.8 Å². The summed E-state index contributed by atoms with van der Waals surface area (Å²) in [5.74, 6) is -0.580. The first-order valence-corrected chi connectivity index (χ1v) is 7.01. The molecule has 2 aromatic rings. The summed E-state index contributed by atoms with van der Waals surface area (Å²) in [6.45, 7) is 1.23. The fourth-order valence-corrected chi connectivity index (χ4v) is 2.34. The summed E-state index contributed by atoms with van der Waals surface area (Å²) in [6.07, 6.45) is 3.03. The first-order chi connectivity index (χ1) is 10.1. The molecule has 0 aliphatic rings. The van der Waals surface area contributed by atoms with Crippen molar-refractivity contribution in [3.63, 3.8) is 0 Å². The molecule has 1 aromatic carbocycles. The molecule has 21 heavy (non-hydrogen) atoms. The van der Waals surface area contributed by atoms with Crippen LogP contribution in [-0.2, 0) is 9.63 Å². The van der Waals surface area contributed by atoms with Gasteiger partial charge in [-0.25, -0.2) is 14.8 Å². The minimum atomic E-state index is -0.561. The molecule has 2 N–H and O–H groups in total. The number of halogens is 1. The number of benzene rings is 1. The van der Waals surface area contributed by atoms with Crippen molar-refractivity contribution >= 4 is 35.2 Å². The number of amidine groups is 1. The fraction of sp³-hybridized carbons (Fsp3) is 0.0769. The zero-order valence-electron chi connectivity index (χ0n) is 11.0. The molecule has 0 unspecified atom stereocenters. The Morgan fingerprint density at radius 3 is 2.62 bits per heavy atom. The van der Waals surface area contributed by atoms with Gasteiger partial charge in [0, 0.05) is 29.2 Å². The molecule has 1 aromatic heterocycles. The lowest BCUT2D eigenvalue weighted by atomic mass is 10.4. The fourth-order valence-electron chi connectivity index (χ4n) is 1.35. The Balaban J connectivity index is 2.26. The summed E-state index contributed by atoms with van der Waals surface area (Å²) in [7, 11) is 0. The van der Waals surface area contributed by atoms with Crippen molar-refractivity contribution in [1.82, 2.24) is 9.97 Å². The Morgan fingerprint density at radius 2 is 1.95 bits per heavy atom. The predicted octanol–water partition coefficient (Wildman–Crippen LogP) is 2.46. The number of oxime groups is 1. The molecule has 2 rings (SSSR count). The average molecular weight is 323 g/mol. The lowest BCUT2D eigenvalue weighted by molar-refractivity contribution is -0.140. The smallest absolute Gasteiger partial charge is 0.332 e. The van der Waals surface area contributed by atoms with Gasteiger partial charge in [0.15, 0.2) is 5.84 Å². The number of nitrogens with two attached hydrogens (primary N) is 1. The monoisotopic (exact) mass is 322 g/mol. The van der Waals surface area contributed by atoms with Gasteiger partial charge in [-0.05, 0) is 24.3 Å². The summed E-state index contributed by atoms with van der Waals surface area (Å²) in [6, 6.07) is 7.25. The van der Waals surface area contributed by atoms with Gasteiger partial charge < -0.3 is 10.6 Å². The molecule has 0 spiro atoms. The molecule has 0 radical (unpaired) electrons. The maximum absolute atomic E-state index is 10.7. The summed E-state index contributed by atoms with van der Waals surface area (Å²) >= 11 is 7.19. The van der Waals surface area contributed by atoms with E-state index in [0.717, 1.165) is 4.90 Å². The number of hydrogen-bond donors (Lipinski definition) is 1. The normalized spacial score (nSPS) is 11.2. The Morgan fingerprint density at radius 1 is 1.29 bits per heavy atom. The van der Waals surface area contributed by atoms with Crippen LogP contribution in [-0.4, -0.2) is 21.8 Å². The molecular formula is C13H11ClN4O2S. The van der Waals surface area contributed by atoms with E-state index in [9.17, 15) is 4.79 Å². The molecule has 0 saturated carbocycles. The maximum Gasteiger partial charge on any atom is 0.332 e. The van der Waals surface area contributed by atoms with Crippen molar-refractivity contribution in [3.8, 4) is 0 Å². The third kappa shape index (κ3) is 4.44. The van der Waals surface area contributed by atoms with Gasteiger partial charge >= 0.3 is 5.97 Å². The van der Waals surface area contributed by atoms with E-state index >= 15 is 0 Å². The van der Waals surface area contributed by atoms with Gasteiger partial charge in [0.25, 0.3) is 0 Å². The Hall–Kier alpha value is -2.12. The van der Waals surface area contributed by atoms with Crippen LogP contribution in [0.4, 0.5) is 0 Å². The van der Waals surface area contributed by atoms with Crippen LogP contribution < -0.4 is 5.73 Å². The number of nitrogens with zero attached hydrogens (tertiary/aromatic N) is 3. The first-order valence-electron chi connectivity index (χ1n) is 5.82. The Kier molecular flexibility index (Phi) is 5.13. The summed E-state index contributed by atoms with van der Waals surface area (Å²) in [4.78, 5) is 24.5. The van der Waals surface area contributed by atoms with Crippen molar-refractivity contribution in [2.24, 2.45) is 10.9 Å². The zero-order chi connectivity index (χ0) is 15.2. The molecule has 6 nitrogen and oxygen atoms in total. The summed E-state index contributed by atoms with van der Waals surface area (Å²) in [5.41, 5.74) is 6.10. The van der Waals surface area contributed by atoms with Crippen molar-refractivity contribution < 1.29 is 9.63 Å². The van der Waals surface area contributed by atoms with Gasteiger partial charge in [-0.1, -0.05) is 28.5 Å². The molecule has 0 aliphatic heterocycles. The predicted molar refractivity (Wildman–Crippen MR) is 80.1 cm³/mol. The minimum Gasteiger partial charge on any atom is -0.379 e. The number of aromatic nitrogens is 2. The number of carbonyl (C=O) groups is 1. The topological polar surface area (TPSA) is 90.5 Å². The lowest BCUT2D eigenvalue weighted by Crippen LogP contribution is -2.18. The van der Waals surface area contributed by atoms with Crippen molar-refractivity contribution in [1.29, 1.82) is 0 Å². The highest BCUT2D eigenvalue weighted by Crippen LogP contribution is 2.28. The molecule has 108 valence electrons. The van der Waals surface area contributed by atoms with Gasteiger partial charge in [0.05, 0.1) is 0 Å². The van der Waals surface area contributed by atoms with Crippen LogP contribution in [0.2, 0.25) is 5.02 Å². The largest absolute Gasteiger partial charge is 0.379 e. The molecule has 8 heteroatoms. The van der Waals surface area contributed by atoms with E-state index in [1.807, 2.05) is 12.1 Å². The second kappa shape index (κ2) is 7.05. The van der Waals surface area contributed by atoms with E-state index in [0.29, 0.717) is 15.7 Å². The average Bonchev–Trinajstić information content (AvgIpc) is 2.48. The number of rotatable bonds is 4. The van der Waals surface area contributed by atoms with Crippen LogP contribution in [0.3, 0.4) is 0 Å². The molecular weight excluding hydrogens is 312 g/mol. The van der Waals surface area contributed by atoms with E-state index < -0.39 is 5.97 Å². The summed E-state index contributed by atoms with van der Waals surface area (Å²) < 4.78 is 0. The first kappa shape index (κ1) is 15.3. The standard InChI is InChI=1S/C13H11ClN4O2S/c1-8(19)20-18-12(15)11-13(17-7-6-16-11)21-10-4-2-9(14)3-5-10/h2-7H,1H3,(H2,15,18). The van der Waals surface area contributed by atoms with Crippen LogP contribution in [0.15, 0.2) is 51.7 Å². The highest BCUT2D eigenvalue weighted by atomic mass is 35.5. The second-order valence-corrected chi connectivity index (χ2v) is 5.32. The molecule has 0 saturated heterocycles. The van der Waals surface area contributed by atoms with Gasteiger partial charge in [0.2, 0.25) is 0 Å². The van der Waals surface area contributed by atoms with E-state index in [-0.39, 0.29) is 5.84 Å². The van der Waals surface area contributed by atoms with E-state index in [2.05, 4.69) is 20.0 Å². The molecule has 0 bridgehead atoms. The second-order valence-electron chi connectivity index (χ2n) is 3.83. The number of carbonyl (C=O) groups excluding carboxylic acids is 1. The molecule has 0 fully saturated rings. The van der Waals surface area contributed by atoms with E-state index in [4.69, 9.17) is 17.3 Å². The highest BCUT2D eigenvalue weighted by Gasteiger charge is 2.12. The number of hydrogen-bond acceptors (Lipinski definition) is 6. The van der Waals surface area contributed by atoms with Crippen LogP contribution in [0.25, 0.3) is 0 Å². The van der Waals surface area contributed by atoms with Crippen LogP contribution >= 0.6 is 23.4 Å². The zero-order valence-corrected chi connectivity index (χ0v) is 12.6. The van der Waals surface area contributed by atoms with Crippen molar-refractivity contribution in [3.05, 3.63) is 47.4 Å². The molecule has 1 heterocycles. The Bertz CT molecular complexity index is 676. The quantitative estimate of drug-likeness (QED) is 0.402. The van der Waals surface area contributed by atoms with E-state index in [1.54, 1.807) is 18.3 Å².